The molecule has 0 saturated carbocycles. The largest absolute Gasteiger partial charge is 0.349 e. The first-order valence-corrected chi connectivity index (χ1v) is 9.45. The monoisotopic (exact) mass is 346 g/mol. The summed E-state index contributed by atoms with van der Waals surface area (Å²) in [7, 11) is -3.00. The average Bonchev–Trinajstić information content (AvgIpc) is 3.12. The minimum absolute atomic E-state index is 0.0137. The number of sulfone groups is 1. The second-order valence-electron chi connectivity index (χ2n) is 5.77. The van der Waals surface area contributed by atoms with Crippen LogP contribution in [0.5, 0.6) is 0 Å². The molecule has 1 aliphatic heterocycles. The summed E-state index contributed by atoms with van der Waals surface area (Å²) in [4.78, 5) is 11.8. The standard InChI is InChI=1S/C16H18N4O3S/c21-16(17-15-8-9-24(22,23)12-15)7-6-14-11-20(19-18-14)10-13-4-2-1-3-5-13/h1-7,11,15H,8-10,12H2,(H,17,21). The van der Waals surface area contributed by atoms with Crippen LogP contribution in [0.25, 0.3) is 6.08 Å². The molecule has 24 heavy (non-hydrogen) atoms. The Balaban J connectivity index is 1.54. The second kappa shape index (κ2) is 6.96. The Labute approximate surface area is 140 Å². The smallest absolute Gasteiger partial charge is 0.244 e. The van der Waals surface area contributed by atoms with Crippen LogP contribution in [-0.2, 0) is 21.2 Å². The third kappa shape index (κ3) is 4.51. The number of carbonyl (C=O) groups excluding carboxylic acids is 1. The van der Waals surface area contributed by atoms with Crippen LogP contribution >= 0.6 is 0 Å². The summed E-state index contributed by atoms with van der Waals surface area (Å²) in [6, 6.07) is 9.57. The first-order chi connectivity index (χ1) is 11.5. The van der Waals surface area contributed by atoms with E-state index in [-0.39, 0.29) is 23.5 Å². The molecule has 3 rings (SSSR count). The van der Waals surface area contributed by atoms with E-state index in [1.54, 1.807) is 17.0 Å². The zero-order chi connectivity index (χ0) is 17.0. The van der Waals surface area contributed by atoms with Gasteiger partial charge in [-0.05, 0) is 18.1 Å². The van der Waals surface area contributed by atoms with Crippen LogP contribution in [0.3, 0.4) is 0 Å². The highest BCUT2D eigenvalue weighted by Crippen LogP contribution is 2.11. The van der Waals surface area contributed by atoms with E-state index in [1.165, 1.54) is 6.08 Å². The Morgan fingerprint density at radius 3 is 2.83 bits per heavy atom. The van der Waals surface area contributed by atoms with E-state index >= 15 is 0 Å². The zero-order valence-electron chi connectivity index (χ0n) is 13.0. The van der Waals surface area contributed by atoms with Gasteiger partial charge in [0, 0.05) is 12.1 Å². The van der Waals surface area contributed by atoms with Gasteiger partial charge in [0.1, 0.15) is 5.69 Å². The Bertz CT molecular complexity index is 843. The summed E-state index contributed by atoms with van der Waals surface area (Å²) in [6.45, 7) is 0.605. The summed E-state index contributed by atoms with van der Waals surface area (Å²) < 4.78 is 24.4. The fourth-order valence-electron chi connectivity index (χ4n) is 2.56. The number of benzene rings is 1. The molecule has 0 radical (unpaired) electrons. The van der Waals surface area contributed by atoms with Gasteiger partial charge in [0.2, 0.25) is 5.91 Å². The highest BCUT2D eigenvalue weighted by molar-refractivity contribution is 7.91. The molecule has 0 bridgehead atoms. The predicted octanol–water partition coefficient (Wildman–Crippen LogP) is 0.643. The van der Waals surface area contributed by atoms with E-state index < -0.39 is 9.84 Å². The minimum Gasteiger partial charge on any atom is -0.349 e. The number of nitrogens with zero attached hydrogens (tertiary/aromatic N) is 3. The Morgan fingerprint density at radius 2 is 2.12 bits per heavy atom. The predicted molar refractivity (Wildman–Crippen MR) is 89.8 cm³/mol. The van der Waals surface area contributed by atoms with Crippen molar-refractivity contribution in [1.82, 2.24) is 20.3 Å². The van der Waals surface area contributed by atoms with Crippen molar-refractivity contribution in [2.45, 2.75) is 19.0 Å². The quantitative estimate of drug-likeness (QED) is 0.802. The topological polar surface area (TPSA) is 93.9 Å². The molecule has 1 saturated heterocycles. The lowest BCUT2D eigenvalue weighted by Gasteiger charge is -2.07. The van der Waals surface area contributed by atoms with Gasteiger partial charge < -0.3 is 5.32 Å². The van der Waals surface area contributed by atoms with Gasteiger partial charge in [0.05, 0.1) is 24.2 Å². The van der Waals surface area contributed by atoms with E-state index in [0.29, 0.717) is 18.7 Å². The highest BCUT2D eigenvalue weighted by atomic mass is 32.2. The average molecular weight is 346 g/mol. The molecule has 1 aliphatic rings. The second-order valence-corrected chi connectivity index (χ2v) is 8.00. The van der Waals surface area contributed by atoms with Crippen molar-refractivity contribution in [3.63, 3.8) is 0 Å². The molecule has 7 nitrogen and oxygen atoms in total. The molecule has 1 atom stereocenters. The number of hydrogen-bond donors (Lipinski definition) is 1. The number of amides is 1. The molecule has 0 spiro atoms. The fraction of sp³-hybridized carbons (Fsp3) is 0.312. The molecule has 8 heteroatoms. The van der Waals surface area contributed by atoms with Crippen molar-refractivity contribution in [2.75, 3.05) is 11.5 Å². The van der Waals surface area contributed by atoms with Crippen molar-refractivity contribution in [3.05, 3.63) is 53.9 Å². The number of hydrogen-bond acceptors (Lipinski definition) is 5. The number of carbonyl (C=O) groups is 1. The molecule has 126 valence electrons. The Kier molecular flexibility index (Phi) is 4.75. The van der Waals surface area contributed by atoms with Gasteiger partial charge in [0.15, 0.2) is 9.84 Å². The molecule has 1 amide bonds. The van der Waals surface area contributed by atoms with Crippen molar-refractivity contribution in [3.8, 4) is 0 Å². The number of rotatable bonds is 5. The van der Waals surface area contributed by atoms with E-state index in [2.05, 4.69) is 15.6 Å². The molecular weight excluding hydrogens is 328 g/mol. The summed E-state index contributed by atoms with van der Waals surface area (Å²) in [5.74, 6) is -0.176. The van der Waals surface area contributed by atoms with Gasteiger partial charge >= 0.3 is 0 Å². The van der Waals surface area contributed by atoms with Crippen LogP contribution < -0.4 is 5.32 Å². The maximum atomic E-state index is 11.8. The van der Waals surface area contributed by atoms with Crippen molar-refractivity contribution in [2.24, 2.45) is 0 Å². The van der Waals surface area contributed by atoms with Gasteiger partial charge in [-0.2, -0.15) is 0 Å². The van der Waals surface area contributed by atoms with Crippen LogP contribution in [0.15, 0.2) is 42.6 Å². The normalized spacial score (nSPS) is 19.6. The molecule has 2 aromatic rings. The van der Waals surface area contributed by atoms with Crippen LogP contribution in [0.1, 0.15) is 17.7 Å². The molecule has 1 aromatic heterocycles. The first-order valence-electron chi connectivity index (χ1n) is 7.63. The Morgan fingerprint density at radius 1 is 1.33 bits per heavy atom. The van der Waals surface area contributed by atoms with Gasteiger partial charge in [-0.3, -0.25) is 4.79 Å². The molecule has 1 unspecified atom stereocenters. The molecule has 0 aliphatic carbocycles. The highest BCUT2D eigenvalue weighted by Gasteiger charge is 2.28. The fourth-order valence-corrected chi connectivity index (χ4v) is 4.23. The molecule has 2 heterocycles. The molecule has 1 N–H and O–H groups in total. The maximum absolute atomic E-state index is 11.8. The summed E-state index contributed by atoms with van der Waals surface area (Å²) in [5, 5.41) is 10.7. The van der Waals surface area contributed by atoms with Crippen molar-refractivity contribution >= 4 is 21.8 Å². The van der Waals surface area contributed by atoms with Crippen LogP contribution in [-0.4, -0.2) is 46.9 Å². The van der Waals surface area contributed by atoms with Gasteiger partial charge in [-0.15, -0.1) is 5.10 Å². The van der Waals surface area contributed by atoms with E-state index in [0.717, 1.165) is 5.56 Å². The molecule has 1 aromatic carbocycles. The third-order valence-electron chi connectivity index (χ3n) is 3.73. The van der Waals surface area contributed by atoms with E-state index in [4.69, 9.17) is 0 Å². The van der Waals surface area contributed by atoms with Gasteiger partial charge in [0.25, 0.3) is 0 Å². The maximum Gasteiger partial charge on any atom is 0.244 e. The minimum atomic E-state index is -3.00. The SMILES string of the molecule is O=C(C=Cc1cn(Cc2ccccc2)nn1)NC1CCS(=O)(=O)C1. The number of aromatic nitrogens is 3. The van der Waals surface area contributed by atoms with Crippen molar-refractivity contribution in [1.29, 1.82) is 0 Å². The summed E-state index contributed by atoms with van der Waals surface area (Å²) >= 11 is 0. The molecule has 1 fully saturated rings. The molecular formula is C16H18N4O3S. The van der Waals surface area contributed by atoms with Crippen LogP contribution in [0, 0.1) is 0 Å². The first kappa shape index (κ1) is 16.4. The van der Waals surface area contributed by atoms with E-state index in [9.17, 15) is 13.2 Å². The van der Waals surface area contributed by atoms with E-state index in [1.807, 2.05) is 30.3 Å². The number of nitrogens with one attached hydrogen (secondary N) is 1. The van der Waals surface area contributed by atoms with Gasteiger partial charge in [-0.25, -0.2) is 13.1 Å². The van der Waals surface area contributed by atoms with Crippen LogP contribution in [0.4, 0.5) is 0 Å². The van der Waals surface area contributed by atoms with Crippen LogP contribution in [0.2, 0.25) is 0 Å². The lowest BCUT2D eigenvalue weighted by atomic mass is 10.2. The zero-order valence-corrected chi connectivity index (χ0v) is 13.8. The lowest BCUT2D eigenvalue weighted by Crippen LogP contribution is -2.34. The third-order valence-corrected chi connectivity index (χ3v) is 5.50. The Hall–Kier alpha value is -2.48. The summed E-state index contributed by atoms with van der Waals surface area (Å²) in [6.07, 6.45) is 5.13. The van der Waals surface area contributed by atoms with Gasteiger partial charge in [-0.1, -0.05) is 35.5 Å². The lowest BCUT2D eigenvalue weighted by molar-refractivity contribution is -0.116. The summed E-state index contributed by atoms with van der Waals surface area (Å²) in [5.41, 5.74) is 1.68. The van der Waals surface area contributed by atoms with Crippen molar-refractivity contribution < 1.29 is 13.2 Å².